The number of rotatable bonds is 6. The molecule has 30 heavy (non-hydrogen) atoms. The molecule has 0 spiro atoms. The first-order valence-electron chi connectivity index (χ1n) is 9.38. The summed E-state index contributed by atoms with van der Waals surface area (Å²) in [6.07, 6.45) is -4.54. The Bertz CT molecular complexity index is 954. The van der Waals surface area contributed by atoms with Crippen LogP contribution in [0.25, 0.3) is 11.5 Å². The van der Waals surface area contributed by atoms with Gasteiger partial charge in [0, 0.05) is 5.69 Å². The van der Waals surface area contributed by atoms with Gasteiger partial charge < -0.3 is 14.5 Å². The third-order valence-electron chi connectivity index (χ3n) is 3.72. The Labute approximate surface area is 172 Å². The van der Waals surface area contributed by atoms with Crippen LogP contribution in [-0.4, -0.2) is 22.8 Å². The van der Waals surface area contributed by atoms with Crippen molar-refractivity contribution in [3.05, 3.63) is 60.0 Å². The molecule has 1 heterocycles. The molecule has 160 valence electrons. The Morgan fingerprint density at radius 2 is 1.73 bits per heavy atom. The van der Waals surface area contributed by atoms with Gasteiger partial charge in [-0.05, 0) is 43.3 Å². The lowest BCUT2D eigenvalue weighted by Gasteiger charge is -2.11. The molecule has 9 heteroatoms. The number of benzene rings is 2. The average molecular weight is 421 g/mol. The van der Waals surface area contributed by atoms with Crippen LogP contribution >= 0.6 is 0 Å². The summed E-state index contributed by atoms with van der Waals surface area (Å²) in [7, 11) is 0. The summed E-state index contributed by atoms with van der Waals surface area (Å²) in [6, 6.07) is 11.6. The smallest absolute Gasteiger partial charge is 0.416 e. The molecule has 0 bridgehead atoms. The molecule has 0 atom stereocenters. The van der Waals surface area contributed by atoms with E-state index in [1.165, 1.54) is 12.1 Å². The van der Waals surface area contributed by atoms with E-state index in [4.69, 9.17) is 9.15 Å². The van der Waals surface area contributed by atoms with Gasteiger partial charge >= 0.3 is 12.1 Å². The number of nitrogens with zero attached hydrogens (tertiary/aromatic N) is 2. The fourth-order valence-corrected chi connectivity index (χ4v) is 2.45. The highest BCUT2D eigenvalue weighted by molar-refractivity contribution is 5.77. The Hall–Kier alpha value is -3.36. The van der Waals surface area contributed by atoms with E-state index in [0.29, 0.717) is 16.9 Å². The number of ether oxygens (including phenoxy) is 1. The molecule has 0 unspecified atom stereocenters. The Morgan fingerprint density at radius 3 is 2.37 bits per heavy atom. The molecular formula is C21H22F3N3O3. The minimum absolute atomic E-state index is 0.109. The molecule has 0 aliphatic carbocycles. The first kappa shape index (κ1) is 22.9. The molecular weight excluding hydrogens is 399 g/mol. The first-order valence-corrected chi connectivity index (χ1v) is 9.38. The molecule has 0 radical (unpaired) electrons. The molecule has 1 N–H and O–H groups in total. The van der Waals surface area contributed by atoms with Crippen molar-refractivity contribution in [2.45, 2.75) is 33.4 Å². The predicted molar refractivity (Wildman–Crippen MR) is 106 cm³/mol. The lowest BCUT2D eigenvalue weighted by atomic mass is 10.1. The van der Waals surface area contributed by atoms with Crippen molar-refractivity contribution in [1.29, 1.82) is 0 Å². The van der Waals surface area contributed by atoms with Gasteiger partial charge in [-0.2, -0.15) is 13.2 Å². The summed E-state index contributed by atoms with van der Waals surface area (Å²) in [5.74, 6) is -0.194. The van der Waals surface area contributed by atoms with Crippen LogP contribution in [0.1, 0.15) is 32.2 Å². The second kappa shape index (κ2) is 10.4. The largest absolute Gasteiger partial charge is 0.466 e. The lowest BCUT2D eigenvalue weighted by Crippen LogP contribution is -2.07. The van der Waals surface area contributed by atoms with E-state index in [1.54, 1.807) is 31.2 Å². The zero-order valence-corrected chi connectivity index (χ0v) is 16.8. The minimum Gasteiger partial charge on any atom is -0.466 e. The quantitative estimate of drug-likeness (QED) is 0.520. The molecule has 0 saturated heterocycles. The predicted octanol–water partition coefficient (Wildman–Crippen LogP) is 5.63. The third kappa shape index (κ3) is 6.07. The van der Waals surface area contributed by atoms with E-state index >= 15 is 0 Å². The highest BCUT2D eigenvalue weighted by Gasteiger charge is 2.30. The van der Waals surface area contributed by atoms with Crippen molar-refractivity contribution in [3.63, 3.8) is 0 Å². The number of hydrogen-bond donors (Lipinski definition) is 1. The van der Waals surface area contributed by atoms with Crippen molar-refractivity contribution < 1.29 is 27.1 Å². The normalized spacial score (nSPS) is 10.7. The van der Waals surface area contributed by atoms with Gasteiger partial charge in [-0.1, -0.05) is 26.0 Å². The van der Waals surface area contributed by atoms with Gasteiger partial charge in [0.25, 0.3) is 0 Å². The van der Waals surface area contributed by atoms with Crippen LogP contribution in [0.5, 0.6) is 0 Å². The average Bonchev–Trinajstić information content (AvgIpc) is 3.18. The molecule has 1 aromatic heterocycles. The number of para-hydroxylation sites is 1. The Kier molecular flexibility index (Phi) is 7.97. The second-order valence-electron chi connectivity index (χ2n) is 5.73. The molecule has 2 aromatic carbocycles. The number of aromatic nitrogens is 2. The number of anilines is 2. The maximum absolute atomic E-state index is 12.7. The fourth-order valence-electron chi connectivity index (χ4n) is 2.45. The van der Waals surface area contributed by atoms with Crippen LogP contribution in [-0.2, 0) is 22.1 Å². The third-order valence-corrected chi connectivity index (χ3v) is 3.72. The van der Waals surface area contributed by atoms with E-state index < -0.39 is 17.7 Å². The number of halogens is 3. The van der Waals surface area contributed by atoms with Gasteiger partial charge in [0.1, 0.15) is 6.42 Å². The summed E-state index contributed by atoms with van der Waals surface area (Å²) in [5, 5.41) is 10.8. The fraction of sp³-hybridized carbons (Fsp3) is 0.286. The summed E-state index contributed by atoms with van der Waals surface area (Å²) >= 11 is 0. The van der Waals surface area contributed by atoms with Crippen LogP contribution in [0.2, 0.25) is 0 Å². The van der Waals surface area contributed by atoms with Crippen LogP contribution in [0.4, 0.5) is 24.5 Å². The molecule has 3 aromatic rings. The molecule has 6 nitrogen and oxygen atoms in total. The van der Waals surface area contributed by atoms with Crippen molar-refractivity contribution >= 4 is 17.3 Å². The zero-order valence-electron chi connectivity index (χ0n) is 16.8. The van der Waals surface area contributed by atoms with Gasteiger partial charge in [0.2, 0.25) is 11.8 Å². The second-order valence-corrected chi connectivity index (χ2v) is 5.73. The summed E-state index contributed by atoms with van der Waals surface area (Å²) < 4.78 is 48.4. The first-order chi connectivity index (χ1) is 14.4. The zero-order chi connectivity index (χ0) is 22.1. The van der Waals surface area contributed by atoms with E-state index in [2.05, 4.69) is 15.5 Å². The topological polar surface area (TPSA) is 77.2 Å². The van der Waals surface area contributed by atoms with Crippen molar-refractivity contribution in [3.8, 4) is 11.5 Å². The number of alkyl halides is 3. The van der Waals surface area contributed by atoms with Gasteiger partial charge in [-0.3, -0.25) is 4.79 Å². The highest BCUT2D eigenvalue weighted by atomic mass is 19.4. The Balaban J connectivity index is 0.00000155. The number of carbonyl (C=O) groups excluding carboxylic acids is 1. The van der Waals surface area contributed by atoms with Crippen LogP contribution in [0, 0.1) is 0 Å². The minimum atomic E-state index is -4.39. The van der Waals surface area contributed by atoms with E-state index in [-0.39, 0.29) is 24.8 Å². The monoisotopic (exact) mass is 421 g/mol. The standard InChI is InChI=1S/C19H16F3N3O3.C2H6/c1-2-27-17(26)11-16-24-25-18(28-16)14-5-3-4-6-15(14)23-13-9-7-12(8-10-13)19(20,21)22;1-2/h3-10,23H,2,11H2,1H3;1-2H3. The molecule has 0 aliphatic rings. The maximum atomic E-state index is 12.7. The van der Waals surface area contributed by atoms with Crippen LogP contribution in [0.15, 0.2) is 52.9 Å². The van der Waals surface area contributed by atoms with Gasteiger partial charge in [-0.25, -0.2) is 0 Å². The van der Waals surface area contributed by atoms with Crippen molar-refractivity contribution in [2.75, 3.05) is 11.9 Å². The van der Waals surface area contributed by atoms with E-state index in [1.807, 2.05) is 13.8 Å². The summed E-state index contributed by atoms with van der Waals surface area (Å²) in [6.45, 7) is 5.94. The van der Waals surface area contributed by atoms with E-state index in [9.17, 15) is 18.0 Å². The number of carbonyl (C=O) groups is 1. The molecule has 3 rings (SSSR count). The summed E-state index contributed by atoms with van der Waals surface area (Å²) in [5.41, 5.74) is 0.845. The SMILES string of the molecule is CC.CCOC(=O)Cc1nnc(-c2ccccc2Nc2ccc(C(F)(F)F)cc2)o1. The molecule has 0 fully saturated rings. The van der Waals surface area contributed by atoms with Crippen LogP contribution < -0.4 is 5.32 Å². The van der Waals surface area contributed by atoms with E-state index in [0.717, 1.165) is 12.1 Å². The number of hydrogen-bond acceptors (Lipinski definition) is 6. The highest BCUT2D eigenvalue weighted by Crippen LogP contribution is 2.32. The lowest BCUT2D eigenvalue weighted by molar-refractivity contribution is -0.142. The molecule has 0 aliphatic heterocycles. The number of esters is 1. The summed E-state index contributed by atoms with van der Waals surface area (Å²) in [4.78, 5) is 11.5. The van der Waals surface area contributed by atoms with Gasteiger partial charge in [0.15, 0.2) is 0 Å². The Morgan fingerprint density at radius 1 is 1.07 bits per heavy atom. The van der Waals surface area contributed by atoms with Gasteiger partial charge in [0.05, 0.1) is 23.4 Å². The number of nitrogens with one attached hydrogen (secondary N) is 1. The van der Waals surface area contributed by atoms with Gasteiger partial charge in [-0.15, -0.1) is 10.2 Å². The molecule has 0 saturated carbocycles. The molecule has 0 amide bonds. The maximum Gasteiger partial charge on any atom is 0.416 e. The van der Waals surface area contributed by atoms with Crippen LogP contribution in [0.3, 0.4) is 0 Å². The van der Waals surface area contributed by atoms with Crippen molar-refractivity contribution in [2.24, 2.45) is 0 Å². The van der Waals surface area contributed by atoms with Crippen molar-refractivity contribution in [1.82, 2.24) is 10.2 Å².